The Morgan fingerprint density at radius 3 is 2.87 bits per heavy atom. The zero-order valence-electron chi connectivity index (χ0n) is 12.7. The van der Waals surface area contributed by atoms with Gasteiger partial charge in [-0.2, -0.15) is 5.26 Å². The van der Waals surface area contributed by atoms with Crippen LogP contribution in [0.2, 0.25) is 0 Å². The molecule has 1 saturated carbocycles. The summed E-state index contributed by atoms with van der Waals surface area (Å²) >= 11 is 0. The third-order valence-electron chi connectivity index (χ3n) is 5.16. The first-order chi connectivity index (χ1) is 11.1. The van der Waals surface area contributed by atoms with Crippen molar-refractivity contribution in [1.82, 2.24) is 9.55 Å². The molecule has 6 nitrogen and oxygen atoms in total. The van der Waals surface area contributed by atoms with Crippen molar-refractivity contribution in [2.24, 2.45) is 0 Å². The molecule has 4 rings (SSSR count). The standard InChI is InChI=1S/C17H17N3O3/c18-9-11-7-13-14(19-15(11)21)3-6-20(16(13)22)12-8-17(23-10-12)4-1-2-5-17/h3,6-7,12H,1-2,4-5,8,10H2,(H,19,21)/t12-/m0/s1. The molecular formula is C17H17N3O3. The summed E-state index contributed by atoms with van der Waals surface area (Å²) < 4.78 is 7.72. The number of H-pyrrole nitrogens is 1. The van der Waals surface area contributed by atoms with Crippen LogP contribution in [0.15, 0.2) is 27.9 Å². The van der Waals surface area contributed by atoms with Crippen LogP contribution in [0.1, 0.15) is 43.7 Å². The van der Waals surface area contributed by atoms with Crippen LogP contribution in [0.25, 0.3) is 10.9 Å². The number of nitrogens with zero attached hydrogens (tertiary/aromatic N) is 2. The minimum atomic E-state index is -0.466. The largest absolute Gasteiger partial charge is 0.373 e. The smallest absolute Gasteiger partial charge is 0.266 e. The predicted molar refractivity (Wildman–Crippen MR) is 84.3 cm³/mol. The molecule has 0 aromatic carbocycles. The van der Waals surface area contributed by atoms with Crippen LogP contribution in [0.4, 0.5) is 0 Å². The molecule has 1 aliphatic heterocycles. The van der Waals surface area contributed by atoms with E-state index in [4.69, 9.17) is 10.00 Å². The fraction of sp³-hybridized carbons (Fsp3) is 0.471. The van der Waals surface area contributed by atoms with E-state index in [0.717, 1.165) is 19.3 Å². The van der Waals surface area contributed by atoms with Crippen molar-refractivity contribution >= 4 is 10.9 Å². The molecule has 2 fully saturated rings. The molecule has 0 radical (unpaired) electrons. The molecule has 1 spiro atoms. The van der Waals surface area contributed by atoms with Gasteiger partial charge < -0.3 is 14.3 Å². The topological polar surface area (TPSA) is 87.9 Å². The van der Waals surface area contributed by atoms with Gasteiger partial charge in [0.15, 0.2) is 0 Å². The minimum Gasteiger partial charge on any atom is -0.373 e. The van der Waals surface area contributed by atoms with Crippen molar-refractivity contribution in [2.45, 2.75) is 43.7 Å². The molecule has 1 N–H and O–H groups in total. The summed E-state index contributed by atoms with van der Waals surface area (Å²) in [6, 6.07) is 4.95. The normalized spacial score (nSPS) is 22.7. The lowest BCUT2D eigenvalue weighted by atomic mass is 9.96. The zero-order chi connectivity index (χ0) is 16.0. The summed E-state index contributed by atoms with van der Waals surface area (Å²) in [5.74, 6) is 0. The highest BCUT2D eigenvalue weighted by molar-refractivity contribution is 5.78. The van der Waals surface area contributed by atoms with E-state index in [1.54, 1.807) is 16.8 Å². The fourth-order valence-electron chi connectivity index (χ4n) is 3.95. The minimum absolute atomic E-state index is 0.0162. The summed E-state index contributed by atoms with van der Waals surface area (Å²) in [6.07, 6.45) is 7.08. The first-order valence-electron chi connectivity index (χ1n) is 7.94. The fourth-order valence-corrected chi connectivity index (χ4v) is 3.95. The molecule has 118 valence electrons. The van der Waals surface area contributed by atoms with E-state index in [0.29, 0.717) is 17.5 Å². The van der Waals surface area contributed by atoms with Crippen LogP contribution in [-0.4, -0.2) is 21.8 Å². The SMILES string of the molecule is N#Cc1cc2c(=O)n([C@@H]3COC4(CCCC4)C3)ccc2[nH]c1=O. The predicted octanol–water partition coefficient (Wildman–Crippen LogP) is 1.84. The summed E-state index contributed by atoms with van der Waals surface area (Å²) in [5, 5.41) is 9.36. The van der Waals surface area contributed by atoms with Gasteiger partial charge in [0, 0.05) is 6.20 Å². The molecule has 2 aromatic heterocycles. The van der Waals surface area contributed by atoms with Crippen molar-refractivity contribution in [3.8, 4) is 6.07 Å². The highest BCUT2D eigenvalue weighted by atomic mass is 16.5. The first-order valence-corrected chi connectivity index (χ1v) is 7.94. The summed E-state index contributed by atoms with van der Waals surface area (Å²) in [4.78, 5) is 27.0. The molecule has 1 aliphatic carbocycles. The Kier molecular flexibility index (Phi) is 3.13. The number of pyridine rings is 2. The molecule has 6 heteroatoms. The van der Waals surface area contributed by atoms with Gasteiger partial charge in [-0.25, -0.2) is 0 Å². The van der Waals surface area contributed by atoms with Gasteiger partial charge in [-0.15, -0.1) is 0 Å². The number of ether oxygens (including phenoxy) is 1. The number of fused-ring (bicyclic) bond motifs is 1. The van der Waals surface area contributed by atoms with E-state index in [-0.39, 0.29) is 22.8 Å². The molecule has 0 amide bonds. The van der Waals surface area contributed by atoms with Gasteiger partial charge in [0.05, 0.1) is 29.2 Å². The van der Waals surface area contributed by atoms with Gasteiger partial charge in [0.1, 0.15) is 11.6 Å². The molecule has 1 saturated heterocycles. The number of nitriles is 1. The van der Waals surface area contributed by atoms with Crippen molar-refractivity contribution in [3.63, 3.8) is 0 Å². The van der Waals surface area contributed by atoms with Gasteiger partial charge in [-0.1, -0.05) is 12.8 Å². The van der Waals surface area contributed by atoms with E-state index < -0.39 is 5.56 Å². The lowest BCUT2D eigenvalue weighted by Gasteiger charge is -2.21. The second-order valence-corrected chi connectivity index (χ2v) is 6.54. The molecule has 2 aliphatic rings. The average molecular weight is 311 g/mol. The lowest BCUT2D eigenvalue weighted by molar-refractivity contribution is 0.00956. The van der Waals surface area contributed by atoms with Gasteiger partial charge in [0.25, 0.3) is 11.1 Å². The number of hydrogen-bond acceptors (Lipinski definition) is 4. The third-order valence-corrected chi connectivity index (χ3v) is 5.16. The molecule has 2 aromatic rings. The second-order valence-electron chi connectivity index (χ2n) is 6.54. The first kappa shape index (κ1) is 14.2. The van der Waals surface area contributed by atoms with E-state index in [2.05, 4.69) is 4.98 Å². The molecule has 1 atom stereocenters. The maximum absolute atomic E-state index is 12.8. The number of rotatable bonds is 1. The number of hydrogen-bond donors (Lipinski definition) is 1. The van der Waals surface area contributed by atoms with Gasteiger partial charge in [-0.05, 0) is 31.4 Å². The Hall–Kier alpha value is -2.39. The highest BCUT2D eigenvalue weighted by Crippen LogP contribution is 2.44. The quantitative estimate of drug-likeness (QED) is 0.870. The van der Waals surface area contributed by atoms with Gasteiger partial charge in [-0.3, -0.25) is 9.59 Å². The molecule has 0 bridgehead atoms. The van der Waals surface area contributed by atoms with E-state index in [9.17, 15) is 9.59 Å². The van der Waals surface area contributed by atoms with Crippen molar-refractivity contribution in [1.29, 1.82) is 5.26 Å². The number of aromatic amines is 1. The molecule has 0 unspecified atom stereocenters. The maximum Gasteiger partial charge on any atom is 0.266 e. The zero-order valence-corrected chi connectivity index (χ0v) is 12.7. The Balaban J connectivity index is 1.78. The second kappa shape index (κ2) is 5.07. The van der Waals surface area contributed by atoms with E-state index >= 15 is 0 Å². The highest BCUT2D eigenvalue weighted by Gasteiger charge is 2.43. The third kappa shape index (κ3) is 2.20. The number of aromatic nitrogens is 2. The summed E-state index contributed by atoms with van der Waals surface area (Å²) in [5.41, 5.74) is -0.279. The average Bonchev–Trinajstić information content (AvgIpc) is 3.18. The Labute approximate surface area is 132 Å². The van der Waals surface area contributed by atoms with E-state index in [1.807, 2.05) is 6.07 Å². The molecule has 23 heavy (non-hydrogen) atoms. The monoisotopic (exact) mass is 311 g/mol. The molecular weight excluding hydrogens is 294 g/mol. The van der Waals surface area contributed by atoms with Crippen LogP contribution in [-0.2, 0) is 4.74 Å². The van der Waals surface area contributed by atoms with Crippen molar-refractivity contribution in [3.05, 3.63) is 44.6 Å². The van der Waals surface area contributed by atoms with Crippen LogP contribution < -0.4 is 11.1 Å². The van der Waals surface area contributed by atoms with Crippen LogP contribution in [0.5, 0.6) is 0 Å². The number of nitrogens with one attached hydrogen (secondary N) is 1. The van der Waals surface area contributed by atoms with Crippen molar-refractivity contribution in [2.75, 3.05) is 6.61 Å². The van der Waals surface area contributed by atoms with Gasteiger partial charge >= 0.3 is 0 Å². The van der Waals surface area contributed by atoms with Crippen LogP contribution in [0, 0.1) is 11.3 Å². The van der Waals surface area contributed by atoms with Crippen molar-refractivity contribution < 1.29 is 4.74 Å². The lowest BCUT2D eigenvalue weighted by Crippen LogP contribution is -2.27. The molecule has 3 heterocycles. The maximum atomic E-state index is 12.8. The summed E-state index contributed by atoms with van der Waals surface area (Å²) in [6.45, 7) is 0.542. The Bertz CT molecular complexity index is 929. The van der Waals surface area contributed by atoms with Crippen LogP contribution in [0.3, 0.4) is 0 Å². The van der Waals surface area contributed by atoms with E-state index in [1.165, 1.54) is 18.9 Å². The summed E-state index contributed by atoms with van der Waals surface area (Å²) in [7, 11) is 0. The van der Waals surface area contributed by atoms with Crippen LogP contribution >= 0.6 is 0 Å². The van der Waals surface area contributed by atoms with Gasteiger partial charge in [0.2, 0.25) is 0 Å². The Morgan fingerprint density at radius 1 is 1.35 bits per heavy atom. The Morgan fingerprint density at radius 2 is 2.13 bits per heavy atom.